The van der Waals surface area contributed by atoms with Gasteiger partial charge in [0.1, 0.15) is 5.69 Å². The van der Waals surface area contributed by atoms with Crippen LogP contribution >= 0.6 is 0 Å². The van der Waals surface area contributed by atoms with Crippen molar-refractivity contribution in [3.63, 3.8) is 0 Å². The monoisotopic (exact) mass is 373 g/mol. The molecule has 4 aromatic rings. The van der Waals surface area contributed by atoms with Crippen molar-refractivity contribution in [1.29, 1.82) is 0 Å². The van der Waals surface area contributed by atoms with E-state index in [0.29, 0.717) is 11.3 Å². The van der Waals surface area contributed by atoms with Gasteiger partial charge in [-0.1, -0.05) is 42.5 Å². The Labute approximate surface area is 161 Å². The maximum atomic E-state index is 12.5. The highest BCUT2D eigenvalue weighted by Gasteiger charge is 2.19. The van der Waals surface area contributed by atoms with Gasteiger partial charge in [0.15, 0.2) is 0 Å². The summed E-state index contributed by atoms with van der Waals surface area (Å²) in [6.07, 6.45) is 4.26. The molecule has 0 atom stereocenters. The molecule has 0 saturated carbocycles. The summed E-state index contributed by atoms with van der Waals surface area (Å²) in [6.45, 7) is 2.23. The Morgan fingerprint density at radius 1 is 1.11 bits per heavy atom. The highest BCUT2D eigenvalue weighted by molar-refractivity contribution is 6.44. The number of carbonyl (C=O) groups is 2. The van der Waals surface area contributed by atoms with Crippen LogP contribution in [0.15, 0.2) is 60.9 Å². The number of benzene rings is 2. The van der Waals surface area contributed by atoms with E-state index in [1.54, 1.807) is 17.1 Å². The second-order valence-corrected chi connectivity index (χ2v) is 6.43. The number of H-pyrrole nitrogens is 1. The maximum absolute atomic E-state index is 12.5. The molecule has 2 N–H and O–H groups in total. The lowest BCUT2D eigenvalue weighted by molar-refractivity contribution is -0.117. The zero-order chi connectivity index (χ0) is 19.5. The predicted octanol–water partition coefficient (Wildman–Crippen LogP) is 2.81. The van der Waals surface area contributed by atoms with Crippen molar-refractivity contribution in [2.75, 3.05) is 0 Å². The van der Waals surface area contributed by atoms with Gasteiger partial charge >= 0.3 is 0 Å². The van der Waals surface area contributed by atoms with Crippen LogP contribution in [0.25, 0.3) is 16.6 Å². The Bertz CT molecular complexity index is 1140. The van der Waals surface area contributed by atoms with Gasteiger partial charge in [0.05, 0.1) is 24.0 Å². The molecule has 0 fully saturated rings. The number of rotatable bonds is 6. The largest absolute Gasteiger partial charge is 0.360 e. The molecule has 1 amide bonds. The van der Waals surface area contributed by atoms with Gasteiger partial charge in [-0.25, -0.2) is 4.68 Å². The lowest BCUT2D eigenvalue weighted by Crippen LogP contribution is -2.30. The molecule has 0 saturated heterocycles. The fraction of sp³-hybridized carbons (Fsp3) is 0.143. The number of hydrogen-bond acceptors (Lipinski definition) is 4. The normalized spacial score (nSPS) is 10.9. The van der Waals surface area contributed by atoms with Crippen LogP contribution in [0.2, 0.25) is 0 Å². The number of aromatic nitrogens is 4. The van der Waals surface area contributed by atoms with Gasteiger partial charge in [0, 0.05) is 17.1 Å². The molecule has 28 heavy (non-hydrogen) atoms. The van der Waals surface area contributed by atoms with E-state index in [9.17, 15) is 9.59 Å². The Morgan fingerprint density at radius 2 is 1.89 bits per heavy atom. The highest BCUT2D eigenvalue weighted by Crippen LogP contribution is 2.18. The molecule has 2 heterocycles. The predicted molar refractivity (Wildman–Crippen MR) is 105 cm³/mol. The zero-order valence-corrected chi connectivity index (χ0v) is 15.3. The number of nitrogens with zero attached hydrogens (tertiary/aromatic N) is 3. The number of ketones is 1. The summed E-state index contributed by atoms with van der Waals surface area (Å²) in [7, 11) is 0. The van der Waals surface area contributed by atoms with E-state index >= 15 is 0 Å². The van der Waals surface area contributed by atoms with Gasteiger partial charge in [-0.05, 0) is 30.2 Å². The number of hydrogen-bond donors (Lipinski definition) is 2. The second kappa shape index (κ2) is 7.48. The van der Waals surface area contributed by atoms with Gasteiger partial charge in [-0.15, -0.1) is 5.10 Å². The molecule has 2 aromatic carbocycles. The molecule has 0 aliphatic rings. The number of fused-ring (bicyclic) bond motifs is 1. The molecule has 7 nitrogen and oxygen atoms in total. The van der Waals surface area contributed by atoms with Crippen LogP contribution in [0, 0.1) is 0 Å². The first-order chi connectivity index (χ1) is 13.7. The maximum Gasteiger partial charge on any atom is 0.292 e. The molecule has 0 spiro atoms. The molecule has 0 aliphatic carbocycles. The summed E-state index contributed by atoms with van der Waals surface area (Å²) in [4.78, 5) is 27.7. The number of carbonyl (C=O) groups excluding carboxylic acids is 2. The minimum absolute atomic E-state index is 0.125. The minimum Gasteiger partial charge on any atom is -0.360 e. The van der Waals surface area contributed by atoms with Crippen molar-refractivity contribution >= 4 is 22.6 Å². The molecule has 2 aromatic heterocycles. The molecule has 0 unspecified atom stereocenters. The smallest absolute Gasteiger partial charge is 0.292 e. The summed E-state index contributed by atoms with van der Waals surface area (Å²) in [6, 6.07) is 15.4. The third-order valence-corrected chi connectivity index (χ3v) is 4.62. The molecule has 140 valence electrons. The van der Waals surface area contributed by atoms with E-state index in [2.05, 4.69) is 27.5 Å². The number of para-hydroxylation sites is 1. The first-order valence-electron chi connectivity index (χ1n) is 9.05. The first kappa shape index (κ1) is 17.7. The lowest BCUT2D eigenvalue weighted by Gasteiger charge is -2.02. The number of Topliss-reactive ketones (excluding diaryl/α,β-unsaturated/α-hetero) is 1. The number of aryl methyl sites for hydroxylation is 1. The lowest BCUT2D eigenvalue weighted by atomic mass is 10.1. The third-order valence-electron chi connectivity index (χ3n) is 4.62. The standard InChI is InChI=1S/C21H19N5O2/c1-2-14-7-9-16(10-8-14)26-13-15(24-25-26)11-23-21(28)20(27)18-12-22-19-6-4-3-5-17(18)19/h3-10,12-13,22H,2,11H2,1H3,(H,23,28). The van der Waals surface area contributed by atoms with Gasteiger partial charge in [0.2, 0.25) is 0 Å². The van der Waals surface area contributed by atoms with Crippen LogP contribution in [-0.2, 0) is 17.8 Å². The Morgan fingerprint density at radius 3 is 2.68 bits per heavy atom. The molecular formula is C21H19N5O2. The van der Waals surface area contributed by atoms with Gasteiger partial charge < -0.3 is 10.3 Å². The van der Waals surface area contributed by atoms with Gasteiger partial charge in [0.25, 0.3) is 11.7 Å². The van der Waals surface area contributed by atoms with Gasteiger partial charge in [-0.2, -0.15) is 0 Å². The van der Waals surface area contributed by atoms with Crippen molar-refractivity contribution in [2.24, 2.45) is 0 Å². The van der Waals surface area contributed by atoms with Crippen molar-refractivity contribution in [3.8, 4) is 5.69 Å². The number of amides is 1. The average Bonchev–Trinajstić information content (AvgIpc) is 3.39. The average molecular weight is 373 g/mol. The minimum atomic E-state index is -0.674. The SMILES string of the molecule is CCc1ccc(-n2cc(CNC(=O)C(=O)c3c[nH]c4ccccc34)nn2)cc1. The van der Waals surface area contributed by atoms with E-state index in [1.165, 1.54) is 5.56 Å². The Hall–Kier alpha value is -3.74. The van der Waals surface area contributed by atoms with E-state index in [1.807, 2.05) is 48.5 Å². The molecule has 0 bridgehead atoms. The molecular weight excluding hydrogens is 354 g/mol. The molecule has 0 radical (unpaired) electrons. The van der Waals surface area contributed by atoms with Crippen molar-refractivity contribution in [1.82, 2.24) is 25.3 Å². The summed E-state index contributed by atoms with van der Waals surface area (Å²) in [5.41, 5.74) is 3.87. The van der Waals surface area contributed by atoms with Crippen LogP contribution in [0.3, 0.4) is 0 Å². The first-order valence-corrected chi connectivity index (χ1v) is 9.05. The van der Waals surface area contributed by atoms with Crippen LogP contribution < -0.4 is 5.32 Å². The summed E-state index contributed by atoms with van der Waals surface area (Å²) in [5.74, 6) is -1.26. The van der Waals surface area contributed by atoms with Crippen molar-refractivity contribution in [2.45, 2.75) is 19.9 Å². The third kappa shape index (κ3) is 3.42. The fourth-order valence-corrected chi connectivity index (χ4v) is 3.02. The van der Waals surface area contributed by atoms with Crippen molar-refractivity contribution < 1.29 is 9.59 Å². The number of aromatic amines is 1. The summed E-state index contributed by atoms with van der Waals surface area (Å²) >= 11 is 0. The Balaban J connectivity index is 1.42. The van der Waals surface area contributed by atoms with E-state index < -0.39 is 11.7 Å². The number of nitrogens with one attached hydrogen (secondary N) is 2. The highest BCUT2D eigenvalue weighted by atomic mass is 16.2. The van der Waals surface area contributed by atoms with E-state index in [-0.39, 0.29) is 6.54 Å². The topological polar surface area (TPSA) is 92.7 Å². The van der Waals surface area contributed by atoms with Crippen LogP contribution in [0.4, 0.5) is 0 Å². The molecule has 7 heteroatoms. The molecule has 0 aliphatic heterocycles. The molecule has 4 rings (SSSR count). The second-order valence-electron chi connectivity index (χ2n) is 6.43. The van der Waals surface area contributed by atoms with Crippen molar-refractivity contribution in [3.05, 3.63) is 77.7 Å². The summed E-state index contributed by atoms with van der Waals surface area (Å²) in [5, 5.41) is 11.5. The van der Waals surface area contributed by atoms with Crippen LogP contribution in [0.5, 0.6) is 0 Å². The van der Waals surface area contributed by atoms with Crippen LogP contribution in [0.1, 0.15) is 28.5 Å². The van der Waals surface area contributed by atoms with Gasteiger partial charge in [-0.3, -0.25) is 9.59 Å². The quantitative estimate of drug-likeness (QED) is 0.401. The summed E-state index contributed by atoms with van der Waals surface area (Å²) < 4.78 is 1.64. The Kier molecular flexibility index (Phi) is 4.72. The van der Waals surface area contributed by atoms with Crippen LogP contribution in [-0.4, -0.2) is 31.7 Å². The van der Waals surface area contributed by atoms with E-state index in [4.69, 9.17) is 0 Å². The zero-order valence-electron chi connectivity index (χ0n) is 15.3. The fourth-order valence-electron chi connectivity index (χ4n) is 3.02. The van der Waals surface area contributed by atoms with E-state index in [0.717, 1.165) is 23.0 Å².